The lowest BCUT2D eigenvalue weighted by atomic mass is 9.96. The van der Waals surface area contributed by atoms with E-state index in [0.29, 0.717) is 25.6 Å². The van der Waals surface area contributed by atoms with Crippen LogP contribution in [0.3, 0.4) is 0 Å². The van der Waals surface area contributed by atoms with Crippen molar-refractivity contribution in [2.75, 3.05) is 24.6 Å². The summed E-state index contributed by atoms with van der Waals surface area (Å²) in [5, 5.41) is 2.92. The van der Waals surface area contributed by atoms with Crippen molar-refractivity contribution in [2.24, 2.45) is 5.73 Å². The van der Waals surface area contributed by atoms with Crippen LogP contribution in [0.2, 0.25) is 0 Å². The van der Waals surface area contributed by atoms with Crippen molar-refractivity contribution in [3.05, 3.63) is 0 Å². The van der Waals surface area contributed by atoms with Crippen molar-refractivity contribution in [2.45, 2.75) is 57.2 Å². The fourth-order valence-electron chi connectivity index (χ4n) is 3.53. The highest BCUT2D eigenvalue weighted by molar-refractivity contribution is 7.91. The highest BCUT2D eigenvalue weighted by atomic mass is 32.2. The molecule has 0 aromatic carbocycles. The van der Waals surface area contributed by atoms with Gasteiger partial charge in [0.15, 0.2) is 9.84 Å². The molecule has 0 bridgehead atoms. The van der Waals surface area contributed by atoms with Gasteiger partial charge in [-0.1, -0.05) is 6.42 Å². The number of nitrogens with two attached hydrogens (primary N) is 1. The number of piperidine rings is 1. The highest BCUT2D eigenvalue weighted by Crippen LogP contribution is 2.24. The molecule has 2 aliphatic rings. The zero-order valence-electron chi connectivity index (χ0n) is 13.0. The monoisotopic (exact) mass is 317 g/mol. The number of hydrogen-bond acceptors (Lipinski definition) is 5. The number of carbonyl (C=O) groups is 1. The van der Waals surface area contributed by atoms with Gasteiger partial charge in [0.25, 0.3) is 0 Å². The Hall–Kier alpha value is -0.660. The largest absolute Gasteiger partial charge is 0.349 e. The Labute approximate surface area is 127 Å². The molecule has 122 valence electrons. The van der Waals surface area contributed by atoms with E-state index in [1.807, 2.05) is 6.92 Å². The maximum atomic E-state index is 12.3. The standard InChI is InChI=1S/C14H27N3O3S/c1-11-4-3-5-12(8-15)17(11)9-13(18)16-14(2)6-7-21(19,20)10-14/h11-12H,3-10,15H2,1-2H3,(H,16,18). The molecule has 0 spiro atoms. The SMILES string of the molecule is CC1CCCC(CN)N1CC(=O)NC1(C)CCS(=O)(=O)C1. The number of hydrogen-bond donors (Lipinski definition) is 2. The summed E-state index contributed by atoms with van der Waals surface area (Å²) in [5.74, 6) is 0.110. The van der Waals surface area contributed by atoms with Gasteiger partial charge in [0.05, 0.1) is 23.6 Å². The molecule has 0 aliphatic carbocycles. The number of amides is 1. The number of carbonyl (C=O) groups excluding carboxylic acids is 1. The molecule has 2 saturated heterocycles. The van der Waals surface area contributed by atoms with E-state index in [9.17, 15) is 13.2 Å². The molecule has 0 radical (unpaired) electrons. The molecule has 0 aromatic heterocycles. The third-order valence-electron chi connectivity index (χ3n) is 4.74. The summed E-state index contributed by atoms with van der Waals surface area (Å²) in [4.78, 5) is 14.5. The van der Waals surface area contributed by atoms with Crippen molar-refractivity contribution in [1.82, 2.24) is 10.2 Å². The van der Waals surface area contributed by atoms with E-state index in [4.69, 9.17) is 5.73 Å². The number of nitrogens with one attached hydrogen (secondary N) is 1. The zero-order valence-corrected chi connectivity index (χ0v) is 13.8. The van der Waals surface area contributed by atoms with Gasteiger partial charge in [0.2, 0.25) is 5.91 Å². The van der Waals surface area contributed by atoms with Crippen LogP contribution in [0.4, 0.5) is 0 Å². The Kier molecular flexibility index (Phi) is 4.95. The van der Waals surface area contributed by atoms with Crippen LogP contribution in [0.5, 0.6) is 0 Å². The van der Waals surface area contributed by atoms with Gasteiger partial charge < -0.3 is 11.1 Å². The van der Waals surface area contributed by atoms with Gasteiger partial charge in [-0.15, -0.1) is 0 Å². The van der Waals surface area contributed by atoms with Crippen molar-refractivity contribution in [3.8, 4) is 0 Å². The molecule has 0 aromatic rings. The molecule has 3 atom stereocenters. The molecule has 2 aliphatic heterocycles. The van der Waals surface area contributed by atoms with E-state index in [2.05, 4.69) is 17.1 Å². The van der Waals surface area contributed by atoms with Crippen LogP contribution >= 0.6 is 0 Å². The van der Waals surface area contributed by atoms with Crippen molar-refractivity contribution >= 4 is 15.7 Å². The lowest BCUT2D eigenvalue weighted by molar-refractivity contribution is -0.125. The molecule has 21 heavy (non-hydrogen) atoms. The summed E-state index contributed by atoms with van der Waals surface area (Å²) >= 11 is 0. The van der Waals surface area contributed by atoms with Crippen molar-refractivity contribution < 1.29 is 13.2 Å². The normalized spacial score (nSPS) is 36.5. The fourth-order valence-corrected chi connectivity index (χ4v) is 5.62. The van der Waals surface area contributed by atoms with Crippen molar-refractivity contribution in [3.63, 3.8) is 0 Å². The first-order valence-electron chi connectivity index (χ1n) is 7.72. The summed E-state index contributed by atoms with van der Waals surface area (Å²) in [6, 6.07) is 0.595. The predicted molar refractivity (Wildman–Crippen MR) is 82.7 cm³/mol. The van der Waals surface area contributed by atoms with Crippen LogP contribution in [0.15, 0.2) is 0 Å². The maximum absolute atomic E-state index is 12.3. The van der Waals surface area contributed by atoms with Crippen LogP contribution in [0, 0.1) is 0 Å². The third-order valence-corrected chi connectivity index (χ3v) is 6.64. The van der Waals surface area contributed by atoms with E-state index in [1.165, 1.54) is 0 Å². The molecular formula is C14H27N3O3S. The van der Waals surface area contributed by atoms with Gasteiger partial charge in [0.1, 0.15) is 0 Å². The predicted octanol–water partition coefficient (Wildman–Crippen LogP) is -0.118. The summed E-state index contributed by atoms with van der Waals surface area (Å²) in [7, 11) is -3.01. The molecule has 7 heteroatoms. The van der Waals surface area contributed by atoms with Crippen LogP contribution in [0.1, 0.15) is 39.5 Å². The molecular weight excluding hydrogens is 290 g/mol. The van der Waals surface area contributed by atoms with Crippen LogP contribution in [-0.4, -0.2) is 61.4 Å². The lowest BCUT2D eigenvalue weighted by Gasteiger charge is -2.40. The average molecular weight is 317 g/mol. The Balaban J connectivity index is 1.95. The topological polar surface area (TPSA) is 92.5 Å². The second-order valence-corrected chi connectivity index (χ2v) is 8.98. The molecule has 0 saturated carbocycles. The highest BCUT2D eigenvalue weighted by Gasteiger charge is 2.40. The Bertz CT molecular complexity index is 494. The smallest absolute Gasteiger partial charge is 0.234 e. The Morgan fingerprint density at radius 2 is 2.14 bits per heavy atom. The average Bonchev–Trinajstić information content (AvgIpc) is 2.65. The maximum Gasteiger partial charge on any atom is 0.234 e. The first-order chi connectivity index (χ1) is 9.75. The minimum Gasteiger partial charge on any atom is -0.349 e. The molecule has 1 amide bonds. The molecule has 3 unspecified atom stereocenters. The first kappa shape index (κ1) is 16.7. The molecule has 6 nitrogen and oxygen atoms in total. The number of rotatable bonds is 4. The number of sulfone groups is 1. The first-order valence-corrected chi connectivity index (χ1v) is 9.54. The zero-order chi connectivity index (χ0) is 15.7. The second kappa shape index (κ2) is 6.22. The minimum atomic E-state index is -3.01. The van der Waals surface area contributed by atoms with Gasteiger partial charge in [-0.25, -0.2) is 8.42 Å². The summed E-state index contributed by atoms with van der Waals surface area (Å²) in [6.07, 6.45) is 3.75. The van der Waals surface area contributed by atoms with Gasteiger partial charge >= 0.3 is 0 Å². The summed E-state index contributed by atoms with van der Waals surface area (Å²) in [6.45, 7) is 4.80. The van der Waals surface area contributed by atoms with E-state index >= 15 is 0 Å². The van der Waals surface area contributed by atoms with E-state index < -0.39 is 15.4 Å². The Morgan fingerprint density at radius 3 is 2.71 bits per heavy atom. The molecule has 3 N–H and O–H groups in total. The fraction of sp³-hybridized carbons (Fsp3) is 0.929. The minimum absolute atomic E-state index is 0.0433. The Morgan fingerprint density at radius 1 is 1.43 bits per heavy atom. The third kappa shape index (κ3) is 4.17. The van der Waals surface area contributed by atoms with Gasteiger partial charge in [-0.2, -0.15) is 0 Å². The van der Waals surface area contributed by atoms with Crippen LogP contribution < -0.4 is 11.1 Å². The summed E-state index contributed by atoms with van der Waals surface area (Å²) < 4.78 is 23.2. The number of likely N-dealkylation sites (tertiary alicyclic amines) is 1. The quantitative estimate of drug-likeness (QED) is 0.754. The van der Waals surface area contributed by atoms with E-state index in [0.717, 1.165) is 19.3 Å². The molecule has 2 heterocycles. The van der Waals surface area contributed by atoms with Gasteiger partial charge in [0, 0.05) is 18.6 Å². The van der Waals surface area contributed by atoms with Crippen LogP contribution in [-0.2, 0) is 14.6 Å². The van der Waals surface area contributed by atoms with Gasteiger partial charge in [-0.05, 0) is 33.1 Å². The molecule has 2 fully saturated rings. The lowest BCUT2D eigenvalue weighted by Crippen LogP contribution is -2.55. The number of nitrogens with zero attached hydrogens (tertiary/aromatic N) is 1. The van der Waals surface area contributed by atoms with Crippen molar-refractivity contribution in [1.29, 1.82) is 0 Å². The second-order valence-electron chi connectivity index (χ2n) is 6.79. The van der Waals surface area contributed by atoms with Gasteiger partial charge in [-0.3, -0.25) is 9.69 Å². The summed E-state index contributed by atoms with van der Waals surface area (Å²) in [5.41, 5.74) is 5.19. The van der Waals surface area contributed by atoms with E-state index in [1.54, 1.807) is 0 Å². The molecule has 2 rings (SSSR count). The van der Waals surface area contributed by atoms with E-state index in [-0.39, 0.29) is 23.5 Å². The van der Waals surface area contributed by atoms with Crippen LogP contribution in [0.25, 0.3) is 0 Å².